The lowest BCUT2D eigenvalue weighted by atomic mass is 9.99. The minimum Gasteiger partial charge on any atom is -0.491 e. The number of hydrogen-bond acceptors (Lipinski definition) is 3. The summed E-state index contributed by atoms with van der Waals surface area (Å²) in [6.45, 7) is 4.72. The second-order valence-electron chi connectivity index (χ2n) is 5.40. The average Bonchev–Trinajstić information content (AvgIpc) is 2.76. The molecule has 2 aromatic carbocycles. The van der Waals surface area contributed by atoms with Crippen LogP contribution in [0.25, 0.3) is 0 Å². The Hall–Kier alpha value is -2.16. The predicted molar refractivity (Wildman–Crippen MR) is 88.4 cm³/mol. The fourth-order valence-electron chi connectivity index (χ4n) is 2.68. The zero-order chi connectivity index (χ0) is 14.5. The van der Waals surface area contributed by atoms with Gasteiger partial charge in [-0.05, 0) is 24.1 Å². The summed E-state index contributed by atoms with van der Waals surface area (Å²) in [6.07, 6.45) is 1.02. The van der Waals surface area contributed by atoms with Crippen molar-refractivity contribution < 1.29 is 4.74 Å². The summed E-state index contributed by atoms with van der Waals surface area (Å²) in [5.41, 5.74) is 3.58. The Morgan fingerprint density at radius 2 is 1.81 bits per heavy atom. The summed E-state index contributed by atoms with van der Waals surface area (Å²) in [5.74, 6) is 1.40. The van der Waals surface area contributed by atoms with Crippen LogP contribution in [0.4, 0.5) is 11.4 Å². The molecular formula is C18H22N2O. The lowest BCUT2D eigenvalue weighted by Gasteiger charge is -2.15. The highest BCUT2D eigenvalue weighted by Gasteiger charge is 2.19. The molecule has 0 bridgehead atoms. The van der Waals surface area contributed by atoms with Crippen LogP contribution in [-0.2, 0) is 0 Å². The summed E-state index contributed by atoms with van der Waals surface area (Å²) >= 11 is 0. The summed E-state index contributed by atoms with van der Waals surface area (Å²) < 4.78 is 5.85. The van der Waals surface area contributed by atoms with Gasteiger partial charge in [0.2, 0.25) is 0 Å². The Morgan fingerprint density at radius 3 is 2.62 bits per heavy atom. The monoisotopic (exact) mass is 282 g/mol. The number of benzene rings is 2. The van der Waals surface area contributed by atoms with E-state index in [0.717, 1.165) is 43.2 Å². The molecule has 0 saturated heterocycles. The highest BCUT2D eigenvalue weighted by Crippen LogP contribution is 2.35. The Bertz CT molecular complexity index is 583. The smallest absolute Gasteiger partial charge is 0.144 e. The van der Waals surface area contributed by atoms with Gasteiger partial charge in [-0.25, -0.2) is 0 Å². The minimum atomic E-state index is 0.456. The van der Waals surface area contributed by atoms with Gasteiger partial charge in [0.1, 0.15) is 11.4 Å². The molecule has 1 aliphatic heterocycles. The van der Waals surface area contributed by atoms with Crippen molar-refractivity contribution in [3.05, 3.63) is 54.1 Å². The molecule has 1 unspecified atom stereocenters. The van der Waals surface area contributed by atoms with Crippen LogP contribution in [0.15, 0.2) is 48.5 Å². The van der Waals surface area contributed by atoms with Crippen LogP contribution < -0.4 is 15.4 Å². The quantitative estimate of drug-likeness (QED) is 0.886. The van der Waals surface area contributed by atoms with Crippen LogP contribution >= 0.6 is 0 Å². The molecular weight excluding hydrogens is 260 g/mol. The third-order valence-electron chi connectivity index (χ3n) is 3.82. The highest BCUT2D eigenvalue weighted by molar-refractivity contribution is 5.76. The van der Waals surface area contributed by atoms with Gasteiger partial charge < -0.3 is 15.4 Å². The third-order valence-corrected chi connectivity index (χ3v) is 3.82. The van der Waals surface area contributed by atoms with E-state index in [2.05, 4.69) is 54.0 Å². The van der Waals surface area contributed by atoms with Gasteiger partial charge >= 0.3 is 0 Å². The van der Waals surface area contributed by atoms with Gasteiger partial charge in [0, 0.05) is 19.0 Å². The lowest BCUT2D eigenvalue weighted by molar-refractivity contribution is 0.319. The molecule has 0 saturated carbocycles. The molecule has 2 N–H and O–H groups in total. The molecule has 110 valence electrons. The first-order valence-electron chi connectivity index (χ1n) is 7.67. The van der Waals surface area contributed by atoms with Gasteiger partial charge in [-0.3, -0.25) is 0 Å². The fraction of sp³-hybridized carbons (Fsp3) is 0.333. The molecule has 1 atom stereocenters. The van der Waals surface area contributed by atoms with E-state index in [1.165, 1.54) is 5.56 Å². The fourth-order valence-corrected chi connectivity index (χ4v) is 2.68. The molecule has 0 spiro atoms. The number of ether oxygens (including phenoxy) is 1. The van der Waals surface area contributed by atoms with Gasteiger partial charge in [-0.2, -0.15) is 0 Å². The first-order chi connectivity index (χ1) is 10.4. The largest absolute Gasteiger partial charge is 0.491 e. The van der Waals surface area contributed by atoms with Crippen molar-refractivity contribution in [2.24, 2.45) is 0 Å². The Morgan fingerprint density at radius 1 is 1.00 bits per heavy atom. The van der Waals surface area contributed by atoms with Crippen LogP contribution in [0, 0.1) is 0 Å². The van der Waals surface area contributed by atoms with Gasteiger partial charge in [-0.15, -0.1) is 0 Å². The van der Waals surface area contributed by atoms with E-state index in [1.54, 1.807) is 0 Å². The van der Waals surface area contributed by atoms with Crippen LogP contribution in [0.3, 0.4) is 0 Å². The summed E-state index contributed by atoms with van der Waals surface area (Å²) in [5, 5.41) is 7.11. The van der Waals surface area contributed by atoms with Gasteiger partial charge in [0.05, 0.1) is 12.3 Å². The SMILES string of the molecule is CCCOc1cccc2c1NCC(c1ccccc1)CN2. The number of hydrogen-bond donors (Lipinski definition) is 2. The van der Waals surface area contributed by atoms with Crippen molar-refractivity contribution >= 4 is 11.4 Å². The van der Waals surface area contributed by atoms with Gasteiger partial charge in [0.25, 0.3) is 0 Å². The first-order valence-corrected chi connectivity index (χ1v) is 7.67. The standard InChI is InChI=1S/C18H22N2O/c1-2-11-21-17-10-6-9-16-18(17)20-13-15(12-19-16)14-7-4-3-5-8-14/h3-10,15,19-20H,2,11-13H2,1H3. The van der Waals surface area contributed by atoms with Crippen molar-refractivity contribution in [1.82, 2.24) is 0 Å². The van der Waals surface area contributed by atoms with E-state index in [-0.39, 0.29) is 0 Å². The van der Waals surface area contributed by atoms with E-state index in [9.17, 15) is 0 Å². The number of rotatable bonds is 4. The van der Waals surface area contributed by atoms with Crippen LogP contribution in [0.2, 0.25) is 0 Å². The molecule has 1 aliphatic rings. The van der Waals surface area contributed by atoms with E-state index in [1.807, 2.05) is 12.1 Å². The lowest BCUT2D eigenvalue weighted by Crippen LogP contribution is -2.16. The summed E-state index contributed by atoms with van der Waals surface area (Å²) in [4.78, 5) is 0. The molecule has 0 radical (unpaired) electrons. The second kappa shape index (κ2) is 6.53. The van der Waals surface area contributed by atoms with Crippen molar-refractivity contribution in [2.75, 3.05) is 30.3 Å². The molecule has 0 aromatic heterocycles. The molecule has 1 heterocycles. The molecule has 21 heavy (non-hydrogen) atoms. The number of fused-ring (bicyclic) bond motifs is 1. The van der Waals surface area contributed by atoms with Crippen molar-refractivity contribution in [3.8, 4) is 5.75 Å². The summed E-state index contributed by atoms with van der Waals surface area (Å²) in [6, 6.07) is 16.8. The van der Waals surface area contributed by atoms with Gasteiger partial charge in [-0.1, -0.05) is 43.3 Å². The maximum atomic E-state index is 5.85. The van der Waals surface area contributed by atoms with E-state index in [0.29, 0.717) is 5.92 Å². The maximum absolute atomic E-state index is 5.85. The zero-order valence-corrected chi connectivity index (χ0v) is 12.4. The molecule has 0 amide bonds. The molecule has 3 heteroatoms. The topological polar surface area (TPSA) is 33.3 Å². The highest BCUT2D eigenvalue weighted by atomic mass is 16.5. The summed E-state index contributed by atoms with van der Waals surface area (Å²) in [7, 11) is 0. The van der Waals surface area contributed by atoms with E-state index < -0.39 is 0 Å². The molecule has 0 fully saturated rings. The van der Waals surface area contributed by atoms with Crippen molar-refractivity contribution in [3.63, 3.8) is 0 Å². The van der Waals surface area contributed by atoms with Crippen LogP contribution in [0.5, 0.6) is 5.75 Å². The predicted octanol–water partition coefficient (Wildman–Crippen LogP) is 4.10. The maximum Gasteiger partial charge on any atom is 0.144 e. The zero-order valence-electron chi connectivity index (χ0n) is 12.4. The van der Waals surface area contributed by atoms with Crippen LogP contribution in [0.1, 0.15) is 24.8 Å². The Balaban J connectivity index is 1.79. The average molecular weight is 282 g/mol. The third kappa shape index (κ3) is 3.13. The van der Waals surface area contributed by atoms with Crippen molar-refractivity contribution in [2.45, 2.75) is 19.3 Å². The Labute approximate surface area is 126 Å². The van der Waals surface area contributed by atoms with Gasteiger partial charge in [0.15, 0.2) is 0 Å². The normalized spacial score (nSPS) is 17.1. The molecule has 3 nitrogen and oxygen atoms in total. The number of nitrogens with one attached hydrogen (secondary N) is 2. The van der Waals surface area contributed by atoms with E-state index >= 15 is 0 Å². The molecule has 0 aliphatic carbocycles. The molecule has 2 aromatic rings. The number of para-hydroxylation sites is 1. The first kappa shape index (κ1) is 13.8. The van der Waals surface area contributed by atoms with Crippen molar-refractivity contribution in [1.29, 1.82) is 0 Å². The Kier molecular flexibility index (Phi) is 4.29. The molecule has 3 rings (SSSR count). The van der Waals surface area contributed by atoms with Crippen LogP contribution in [-0.4, -0.2) is 19.7 Å². The minimum absolute atomic E-state index is 0.456. The number of anilines is 2. The van der Waals surface area contributed by atoms with E-state index in [4.69, 9.17) is 4.74 Å². The second-order valence-corrected chi connectivity index (χ2v) is 5.40.